The maximum atomic E-state index is 15.1. The van der Waals surface area contributed by atoms with Gasteiger partial charge < -0.3 is 36.6 Å². The third-order valence-electron chi connectivity index (χ3n) is 11.1. The van der Waals surface area contributed by atoms with Crippen LogP contribution in [0.5, 0.6) is 11.5 Å². The Bertz CT molecular complexity index is 4060. The van der Waals surface area contributed by atoms with E-state index in [1.807, 2.05) is 0 Å². The van der Waals surface area contributed by atoms with Crippen LogP contribution in [0.3, 0.4) is 0 Å². The second kappa shape index (κ2) is 29.4. The lowest BCUT2D eigenvalue weighted by atomic mass is 10.1. The Morgan fingerprint density at radius 3 is 1.75 bits per heavy atom. The van der Waals surface area contributed by atoms with E-state index < -0.39 is 79.9 Å². The fourth-order valence-corrected chi connectivity index (χ4v) is 8.52. The van der Waals surface area contributed by atoms with Crippen molar-refractivity contribution < 1.29 is 75.9 Å². The fraction of sp³-hybridized carbons (Fsp3) is 0.0800. The summed E-state index contributed by atoms with van der Waals surface area (Å²) in [5.41, 5.74) is 5.34. The van der Waals surface area contributed by atoms with Gasteiger partial charge in [0.05, 0.1) is 51.6 Å². The van der Waals surface area contributed by atoms with Gasteiger partial charge in [-0.05, 0) is 74.0 Å². The number of benzene rings is 6. The number of anilines is 8. The molecule has 0 aliphatic carbocycles. The first-order chi connectivity index (χ1) is 41.8. The number of hydrogen-bond donors (Lipinski definition) is 12. The van der Waals surface area contributed by atoms with Crippen molar-refractivity contribution in [1.29, 1.82) is 0 Å². The van der Waals surface area contributed by atoms with Crippen LogP contribution in [0.4, 0.5) is 66.7 Å². The molecule has 0 aliphatic rings. The molecule has 8 aromatic rings. The number of aromatic nitrogens is 6. The Hall–Kier alpha value is -10.4. The molecule has 1 atom stereocenters. The Balaban J connectivity index is 0.983. The van der Waals surface area contributed by atoms with Crippen LogP contribution < -0.4 is 32.1 Å². The van der Waals surface area contributed by atoms with Crippen LogP contribution in [0, 0.1) is 19.1 Å². The van der Waals surface area contributed by atoms with Crippen molar-refractivity contribution in [3.8, 4) is 11.5 Å². The fourth-order valence-electron chi connectivity index (χ4n) is 7.15. The minimum atomic E-state index is -5.02. The van der Waals surface area contributed by atoms with E-state index in [1.165, 1.54) is 42.5 Å². The number of amidine groups is 2. The van der Waals surface area contributed by atoms with Gasteiger partial charge in [0.2, 0.25) is 35.5 Å². The van der Waals surface area contributed by atoms with Gasteiger partial charge in [0, 0.05) is 39.1 Å². The number of nitrogens with zero attached hydrogens (tertiary/aromatic N) is 12. The average Bonchev–Trinajstić information content (AvgIpc) is 3.48. The van der Waals surface area contributed by atoms with Gasteiger partial charge in [0.25, 0.3) is 10.1 Å². The first-order valence-electron chi connectivity index (χ1n) is 24.3. The molecule has 0 fully saturated rings. The molecule has 0 bridgehead atoms. The van der Waals surface area contributed by atoms with Gasteiger partial charge in [0.15, 0.2) is 17.8 Å². The molecule has 1 unspecified atom stereocenters. The minimum absolute atomic E-state index is 0.0210. The van der Waals surface area contributed by atoms with Gasteiger partial charge in [-0.2, -0.15) is 57.3 Å². The zero-order valence-electron chi connectivity index (χ0n) is 44.2. The van der Waals surface area contributed by atoms with E-state index in [0.717, 1.165) is 12.1 Å². The van der Waals surface area contributed by atoms with Crippen LogP contribution in [-0.4, -0.2) is 105 Å². The molecule has 6 aromatic carbocycles. The molecule has 0 aliphatic heterocycles. The highest BCUT2D eigenvalue weighted by Crippen LogP contribution is 2.40. The maximum Gasteiger partial charge on any atom is 0.337 e. The molecule has 37 heteroatoms. The van der Waals surface area contributed by atoms with E-state index in [-0.39, 0.29) is 62.9 Å². The summed E-state index contributed by atoms with van der Waals surface area (Å²) in [6, 6.07) is 28.7. The number of carbonyl (C=O) groups excluding carboxylic acids is 1. The summed E-state index contributed by atoms with van der Waals surface area (Å²) < 4.78 is 74.2. The predicted molar refractivity (Wildman–Crippen MR) is 307 cm³/mol. The van der Waals surface area contributed by atoms with Gasteiger partial charge in [-0.1, -0.05) is 76.8 Å². The summed E-state index contributed by atoms with van der Waals surface area (Å²) in [6.45, 7) is 3.14. The number of halogens is 2. The first-order valence-corrected chi connectivity index (χ1v) is 27.2. The first kappa shape index (κ1) is 62.7. The third kappa shape index (κ3) is 17.6. The Kier molecular flexibility index (Phi) is 21.2. The van der Waals surface area contributed by atoms with Gasteiger partial charge in [-0.15, -0.1) is 29.1 Å². The summed E-state index contributed by atoms with van der Waals surface area (Å²) in [7, 11) is -5.02. The summed E-state index contributed by atoms with van der Waals surface area (Å²) in [5.74, 6) is -4.62. The Labute approximate surface area is 496 Å². The number of azo groups is 2. The number of carboxylic acid groups (broad SMARTS) is 1. The number of hydrazone groups is 2. The van der Waals surface area contributed by atoms with Crippen LogP contribution in [0.1, 0.15) is 44.3 Å². The van der Waals surface area contributed by atoms with E-state index in [0.29, 0.717) is 52.0 Å². The number of aromatic carboxylic acids is 1. The van der Waals surface area contributed by atoms with E-state index in [2.05, 4.69) is 111 Å². The number of aryl methyl sites for hydroxylation is 1. The number of aromatic hydroxyl groups is 2. The lowest BCUT2D eigenvalue weighted by Crippen LogP contribution is -2.27. The van der Waals surface area contributed by atoms with Crippen LogP contribution in [0.25, 0.3) is 0 Å². The molecule has 87 heavy (non-hydrogen) atoms. The topological polar surface area (TPSA) is 450 Å². The highest BCUT2D eigenvalue weighted by atomic mass is 32.2. The number of carbonyl (C=O) groups is 2. The second-order valence-corrected chi connectivity index (χ2v) is 20.2. The SMILES string of the molecule is Cc1ccc(C(=O)O)c(N=N/C(=N\Nc2cc(SOOO)cc(Nc3nc(F)nc(NC(C)CNc4nc(F)nc(Nc5cc(S(=O)(=O)O)cc(N/N=C(\N=Nc6cc(SOOO)ccc6C=O)c6ccccc6)c5O)n4)n3)c2O)c2ccccc2)c1. The number of phenolic OH excluding ortho intramolecular Hbond substituents is 2. The van der Waals surface area contributed by atoms with Crippen molar-refractivity contribution in [1.82, 2.24) is 29.9 Å². The van der Waals surface area contributed by atoms with Crippen molar-refractivity contribution in [2.24, 2.45) is 30.7 Å². The lowest BCUT2D eigenvalue weighted by molar-refractivity contribution is -0.432. The van der Waals surface area contributed by atoms with Crippen LogP contribution >= 0.6 is 24.1 Å². The largest absolute Gasteiger partial charge is 0.504 e. The van der Waals surface area contributed by atoms with Gasteiger partial charge in [0.1, 0.15) is 17.1 Å². The molecule has 2 heterocycles. The van der Waals surface area contributed by atoms with Crippen molar-refractivity contribution in [2.45, 2.75) is 34.6 Å². The molecule has 8 rings (SSSR count). The number of aldehydes is 1. The van der Waals surface area contributed by atoms with E-state index in [9.17, 15) is 37.9 Å². The molecule has 2 aromatic heterocycles. The van der Waals surface area contributed by atoms with E-state index in [4.69, 9.17) is 10.5 Å². The quantitative estimate of drug-likeness (QED) is 0.00276. The van der Waals surface area contributed by atoms with E-state index in [1.54, 1.807) is 80.6 Å². The highest BCUT2D eigenvalue weighted by molar-refractivity contribution is 7.94. The Morgan fingerprint density at radius 2 is 1.17 bits per heavy atom. The zero-order valence-corrected chi connectivity index (χ0v) is 46.7. The van der Waals surface area contributed by atoms with Gasteiger partial charge in [-0.25, -0.2) is 15.3 Å². The van der Waals surface area contributed by atoms with Crippen molar-refractivity contribution >= 4 is 116 Å². The molecule has 0 saturated heterocycles. The molecule has 0 amide bonds. The summed E-state index contributed by atoms with van der Waals surface area (Å²) >= 11 is 1.06. The van der Waals surface area contributed by atoms with Gasteiger partial charge >= 0.3 is 18.1 Å². The average molecular weight is 1250 g/mol. The summed E-state index contributed by atoms with van der Waals surface area (Å²) in [4.78, 5) is 46.2. The molecular formula is C50H42F2N18O14S3. The number of phenols is 2. The Morgan fingerprint density at radius 1 is 0.655 bits per heavy atom. The highest BCUT2D eigenvalue weighted by Gasteiger charge is 2.21. The normalized spacial score (nSPS) is 12.3. The summed E-state index contributed by atoms with van der Waals surface area (Å²) in [5, 5.41) is 93.3. The van der Waals surface area contributed by atoms with Crippen molar-refractivity contribution in [3.05, 3.63) is 161 Å². The van der Waals surface area contributed by atoms with Crippen LogP contribution in [-0.2, 0) is 28.9 Å². The molecule has 0 radical (unpaired) electrons. The van der Waals surface area contributed by atoms with Crippen LogP contribution in [0.2, 0.25) is 0 Å². The van der Waals surface area contributed by atoms with Crippen molar-refractivity contribution in [2.75, 3.05) is 38.7 Å². The standard InChI is InChI=1S/C50H42F2N18O14S3/c1-25-13-16-33(44(74)75)35(17-25)64-68-43(28-11-7-4-8-12-28)69-65-38-20-31(86-84-82-77)19-36(40(38)72)55-50-60-46(52)58-48(62-50)54-26(2)23-53-47-57-45(51)59-49(61-47)56-37-21-32(87(78,79)80)22-39(41(37)73)66-70-42(27-9-5-3-6-10-27)67-63-34-18-30(85-83-81-76)15-14-29(34)24-71/h3-22,24,26,65-66,72-73,76-77H,23H2,1-2H3,(H,74,75)(H,78,79,80)(H2,53,56,57,59,61)(H2,54,55,58,60,62)/b67-63?,68-64?,69-43-,70-42-. The number of rotatable bonds is 26. The zero-order chi connectivity index (χ0) is 62.0. The molecule has 448 valence electrons. The lowest BCUT2D eigenvalue weighted by Gasteiger charge is -2.16. The molecule has 32 nitrogen and oxygen atoms in total. The molecule has 12 N–H and O–H groups in total. The third-order valence-corrected chi connectivity index (χ3v) is 13.0. The van der Waals surface area contributed by atoms with Crippen LogP contribution in [0.15, 0.2) is 167 Å². The minimum Gasteiger partial charge on any atom is -0.504 e. The molecular weight excluding hydrogens is 1210 g/mol. The maximum absolute atomic E-state index is 15.1. The van der Waals surface area contributed by atoms with Crippen molar-refractivity contribution in [3.63, 3.8) is 0 Å². The predicted octanol–water partition coefficient (Wildman–Crippen LogP) is 10.2. The monoisotopic (exact) mass is 1250 g/mol. The molecule has 0 spiro atoms. The molecule has 0 saturated carbocycles. The van der Waals surface area contributed by atoms with Gasteiger partial charge in [-0.3, -0.25) is 20.2 Å². The smallest absolute Gasteiger partial charge is 0.337 e. The van der Waals surface area contributed by atoms with E-state index >= 15 is 8.78 Å². The summed E-state index contributed by atoms with van der Waals surface area (Å²) in [6.07, 6.45) is -2.16. The number of hydrogen-bond acceptors (Lipinski definition) is 30. The second-order valence-electron chi connectivity index (χ2n) is 17.2. The number of carboxylic acids is 1. The number of nitrogens with one attached hydrogen (secondary N) is 6.